The van der Waals surface area contributed by atoms with Gasteiger partial charge in [0.05, 0.1) is 19.3 Å². The molecule has 7 nitrogen and oxygen atoms in total. The average Bonchev–Trinajstić information content (AvgIpc) is 3.30. The second-order valence-electron chi connectivity index (χ2n) is 6.29. The highest BCUT2D eigenvalue weighted by atomic mass is 19.4. The summed E-state index contributed by atoms with van der Waals surface area (Å²) in [6, 6.07) is 3.60. The van der Waals surface area contributed by atoms with Crippen LogP contribution in [-0.4, -0.2) is 36.7 Å². The average molecular weight is 399 g/mol. The van der Waals surface area contributed by atoms with Gasteiger partial charge in [0.1, 0.15) is 35.3 Å². The van der Waals surface area contributed by atoms with Crippen LogP contribution in [0.3, 0.4) is 0 Å². The molecule has 0 saturated carbocycles. The third-order valence-corrected chi connectivity index (χ3v) is 4.43. The number of anilines is 1. The number of hydrogen-bond acceptors (Lipinski definition) is 5. The molecule has 0 aromatic carbocycles. The lowest BCUT2D eigenvalue weighted by molar-refractivity contribution is -0.141. The van der Waals surface area contributed by atoms with Crippen LogP contribution in [0.5, 0.6) is 5.75 Å². The van der Waals surface area contributed by atoms with E-state index in [1.54, 1.807) is 24.1 Å². The molecule has 2 aromatic heterocycles. The number of alkyl halides is 3. The Morgan fingerprint density at radius 3 is 2.86 bits per heavy atom. The Morgan fingerprint density at radius 1 is 1.39 bits per heavy atom. The third-order valence-electron chi connectivity index (χ3n) is 4.43. The first-order valence-electron chi connectivity index (χ1n) is 8.60. The summed E-state index contributed by atoms with van der Waals surface area (Å²) >= 11 is 0. The number of carbonyl (C=O) groups excluding carboxylic acids is 1. The highest BCUT2D eigenvalue weighted by molar-refractivity contribution is 5.91. The molecule has 3 heterocycles. The van der Waals surface area contributed by atoms with Crippen molar-refractivity contribution in [1.29, 1.82) is 0 Å². The van der Waals surface area contributed by atoms with E-state index in [1.807, 2.05) is 0 Å². The van der Waals surface area contributed by atoms with E-state index >= 15 is 0 Å². The zero-order valence-corrected chi connectivity index (χ0v) is 15.4. The molecule has 0 aliphatic carbocycles. The standard InChI is InChI=1S/C18H20F3N3O4/c1-26-10-11-5-6-14(28-11)13-4-3-7-24(13)17(25)23-12-9-22-16(18(19,20)21)8-15(12)27-2/h5-6,8-9,13H,3-4,7,10H2,1-2H3,(H,23,25). The summed E-state index contributed by atoms with van der Waals surface area (Å²) in [4.78, 5) is 17.7. The first-order chi connectivity index (χ1) is 13.3. The zero-order valence-electron chi connectivity index (χ0n) is 15.4. The number of nitrogens with zero attached hydrogens (tertiary/aromatic N) is 2. The molecule has 3 rings (SSSR count). The molecule has 1 aliphatic rings. The minimum Gasteiger partial charge on any atom is -0.494 e. The lowest BCUT2D eigenvalue weighted by Crippen LogP contribution is -2.34. The second-order valence-corrected chi connectivity index (χ2v) is 6.29. The van der Waals surface area contributed by atoms with E-state index < -0.39 is 17.9 Å². The van der Waals surface area contributed by atoms with Crippen LogP contribution in [0.1, 0.15) is 36.1 Å². The Kier molecular flexibility index (Phi) is 5.78. The summed E-state index contributed by atoms with van der Waals surface area (Å²) < 4.78 is 54.2. The van der Waals surface area contributed by atoms with Gasteiger partial charge in [-0.05, 0) is 25.0 Å². The first-order valence-corrected chi connectivity index (χ1v) is 8.60. The maximum absolute atomic E-state index is 12.8. The van der Waals surface area contributed by atoms with Crippen LogP contribution >= 0.6 is 0 Å². The van der Waals surface area contributed by atoms with Gasteiger partial charge in [-0.25, -0.2) is 9.78 Å². The summed E-state index contributed by atoms with van der Waals surface area (Å²) in [7, 11) is 2.78. The molecule has 1 saturated heterocycles. The van der Waals surface area contributed by atoms with Gasteiger partial charge in [0.25, 0.3) is 0 Å². The van der Waals surface area contributed by atoms with Crippen molar-refractivity contribution < 1.29 is 31.9 Å². The number of likely N-dealkylation sites (tertiary alicyclic amines) is 1. The maximum atomic E-state index is 12.8. The Balaban J connectivity index is 1.76. The molecular weight excluding hydrogens is 379 g/mol. The highest BCUT2D eigenvalue weighted by Gasteiger charge is 2.35. The third kappa shape index (κ3) is 4.22. The Bertz CT molecular complexity index is 838. The number of rotatable bonds is 5. The highest BCUT2D eigenvalue weighted by Crippen LogP contribution is 2.36. The van der Waals surface area contributed by atoms with E-state index in [2.05, 4.69) is 10.3 Å². The van der Waals surface area contributed by atoms with Gasteiger partial charge in [0, 0.05) is 19.7 Å². The van der Waals surface area contributed by atoms with Crippen molar-refractivity contribution in [2.75, 3.05) is 26.1 Å². The van der Waals surface area contributed by atoms with Crippen LogP contribution in [0.25, 0.3) is 0 Å². The van der Waals surface area contributed by atoms with Crippen molar-refractivity contribution in [3.05, 3.63) is 41.6 Å². The lowest BCUT2D eigenvalue weighted by atomic mass is 10.2. The number of furan rings is 1. The van der Waals surface area contributed by atoms with Gasteiger partial charge >= 0.3 is 12.2 Å². The van der Waals surface area contributed by atoms with E-state index in [9.17, 15) is 18.0 Å². The van der Waals surface area contributed by atoms with Crippen LogP contribution in [0.2, 0.25) is 0 Å². The van der Waals surface area contributed by atoms with Crippen molar-refractivity contribution in [3.63, 3.8) is 0 Å². The molecule has 28 heavy (non-hydrogen) atoms. The van der Waals surface area contributed by atoms with Crippen molar-refractivity contribution in [3.8, 4) is 5.75 Å². The number of pyridine rings is 1. The van der Waals surface area contributed by atoms with Crippen molar-refractivity contribution in [2.24, 2.45) is 0 Å². The molecular formula is C18H20F3N3O4. The summed E-state index contributed by atoms with van der Waals surface area (Å²) in [5.74, 6) is 1.17. The molecule has 0 bridgehead atoms. The van der Waals surface area contributed by atoms with Gasteiger partial charge in [0.15, 0.2) is 0 Å². The molecule has 1 fully saturated rings. The molecule has 1 N–H and O–H groups in total. The van der Waals surface area contributed by atoms with Crippen LogP contribution in [-0.2, 0) is 17.5 Å². The zero-order chi connectivity index (χ0) is 20.3. The molecule has 1 atom stereocenters. The second kappa shape index (κ2) is 8.09. The van der Waals surface area contributed by atoms with Gasteiger partial charge in [-0.1, -0.05) is 0 Å². The van der Waals surface area contributed by atoms with Crippen molar-refractivity contribution in [2.45, 2.75) is 31.7 Å². The van der Waals surface area contributed by atoms with E-state index in [4.69, 9.17) is 13.9 Å². The first kappa shape index (κ1) is 20.0. The van der Waals surface area contributed by atoms with Gasteiger partial charge in [-0.3, -0.25) is 0 Å². The Hall–Kier alpha value is -2.75. The number of halogens is 3. The molecule has 10 heteroatoms. The fourth-order valence-corrected chi connectivity index (χ4v) is 3.14. The van der Waals surface area contributed by atoms with E-state index in [-0.39, 0.29) is 17.5 Å². The SMILES string of the molecule is COCc1ccc(C2CCCN2C(=O)Nc2cnc(C(F)(F)F)cc2OC)o1. The minimum atomic E-state index is -4.60. The smallest absolute Gasteiger partial charge is 0.433 e. The quantitative estimate of drug-likeness (QED) is 0.815. The number of nitrogens with one attached hydrogen (secondary N) is 1. The number of aromatic nitrogens is 1. The number of carbonyl (C=O) groups is 1. The summed E-state index contributed by atoms with van der Waals surface area (Å²) in [6.07, 6.45) is -2.17. The van der Waals surface area contributed by atoms with Gasteiger partial charge in [0.2, 0.25) is 0 Å². The minimum absolute atomic E-state index is 0.0608. The predicted molar refractivity (Wildman–Crippen MR) is 92.9 cm³/mol. The molecule has 0 radical (unpaired) electrons. The summed E-state index contributed by atoms with van der Waals surface area (Å²) in [5.41, 5.74) is -1.03. The van der Waals surface area contributed by atoms with Crippen molar-refractivity contribution in [1.82, 2.24) is 9.88 Å². The van der Waals surface area contributed by atoms with E-state index in [0.717, 1.165) is 25.1 Å². The normalized spacial score (nSPS) is 17.0. The fourth-order valence-electron chi connectivity index (χ4n) is 3.14. The van der Waals surface area contributed by atoms with Gasteiger partial charge < -0.3 is 24.1 Å². The predicted octanol–water partition coefficient (Wildman–Crippen LogP) is 4.22. The lowest BCUT2D eigenvalue weighted by Gasteiger charge is -2.24. The Labute approximate surface area is 159 Å². The number of ether oxygens (including phenoxy) is 2. The Morgan fingerprint density at radius 2 is 2.18 bits per heavy atom. The molecule has 2 amide bonds. The number of urea groups is 1. The fraction of sp³-hybridized carbons (Fsp3) is 0.444. The van der Waals surface area contributed by atoms with Crippen LogP contribution in [0, 0.1) is 0 Å². The number of methoxy groups -OCH3 is 2. The van der Waals surface area contributed by atoms with E-state index in [1.165, 1.54) is 7.11 Å². The number of amides is 2. The molecule has 0 spiro atoms. The van der Waals surface area contributed by atoms with Crippen LogP contribution in [0.4, 0.5) is 23.7 Å². The summed E-state index contributed by atoms with van der Waals surface area (Å²) in [6.45, 7) is 0.820. The molecule has 2 aromatic rings. The van der Waals surface area contributed by atoms with Crippen LogP contribution in [0.15, 0.2) is 28.8 Å². The maximum Gasteiger partial charge on any atom is 0.433 e. The largest absolute Gasteiger partial charge is 0.494 e. The summed E-state index contributed by atoms with van der Waals surface area (Å²) in [5, 5.41) is 2.58. The van der Waals surface area contributed by atoms with E-state index in [0.29, 0.717) is 24.7 Å². The monoisotopic (exact) mass is 399 g/mol. The van der Waals surface area contributed by atoms with Gasteiger partial charge in [-0.15, -0.1) is 0 Å². The molecule has 1 unspecified atom stereocenters. The molecule has 152 valence electrons. The van der Waals surface area contributed by atoms with Crippen molar-refractivity contribution >= 4 is 11.7 Å². The molecule has 1 aliphatic heterocycles. The topological polar surface area (TPSA) is 76.8 Å². The van der Waals surface area contributed by atoms with Gasteiger partial charge in [-0.2, -0.15) is 13.2 Å². The number of hydrogen-bond donors (Lipinski definition) is 1. The van der Waals surface area contributed by atoms with Crippen LogP contribution < -0.4 is 10.1 Å².